The molecule has 9 heteroatoms. The molecule has 5 nitrogen and oxygen atoms in total. The number of halogens is 3. The molecule has 5 rings (SSSR count). The standard InChI is InChI=1S/C23H25N5S.3ClH/c1-16-14-19-22(26-20-7-2-3-8-21(20)27-23(19)29-16)28-13-12-25-18(15-28)10-9-17-6-4-5-11-24-17;;;/h2-8,11,14,18,25,27H,9-10,12-13,15H2,1H3;3*1H. The lowest BCUT2D eigenvalue weighted by Crippen LogP contribution is -2.52. The highest BCUT2D eigenvalue weighted by Gasteiger charge is 2.27. The zero-order valence-electron chi connectivity index (χ0n) is 17.8. The number of thiophene rings is 1. The number of hydrogen-bond acceptors (Lipinski definition) is 6. The second-order valence-corrected chi connectivity index (χ2v) is 8.89. The first-order valence-corrected chi connectivity index (χ1v) is 11.0. The largest absolute Gasteiger partial charge is 0.353 e. The van der Waals surface area contributed by atoms with Crippen LogP contribution >= 0.6 is 48.6 Å². The third-order valence-electron chi connectivity index (χ3n) is 5.50. The Labute approximate surface area is 212 Å². The Morgan fingerprint density at radius 2 is 1.91 bits per heavy atom. The number of benzene rings is 1. The van der Waals surface area contributed by atoms with Crippen molar-refractivity contribution in [2.24, 2.45) is 4.99 Å². The van der Waals surface area contributed by atoms with E-state index in [0.717, 1.165) is 55.4 Å². The maximum absolute atomic E-state index is 5.12. The van der Waals surface area contributed by atoms with Crippen LogP contribution in [0.15, 0.2) is 59.7 Å². The van der Waals surface area contributed by atoms with Crippen LogP contribution in [0, 0.1) is 6.92 Å². The van der Waals surface area contributed by atoms with Gasteiger partial charge in [0.2, 0.25) is 0 Å². The van der Waals surface area contributed by atoms with Gasteiger partial charge in [0.05, 0.1) is 16.9 Å². The van der Waals surface area contributed by atoms with Crippen LogP contribution in [0.3, 0.4) is 0 Å². The summed E-state index contributed by atoms with van der Waals surface area (Å²) in [6, 6.07) is 17.2. The van der Waals surface area contributed by atoms with Crippen molar-refractivity contribution in [2.75, 3.05) is 25.0 Å². The van der Waals surface area contributed by atoms with Gasteiger partial charge in [0.15, 0.2) is 0 Å². The average Bonchev–Trinajstić information content (AvgIpc) is 3.04. The Kier molecular flexibility index (Phi) is 9.80. The van der Waals surface area contributed by atoms with Gasteiger partial charge in [0.1, 0.15) is 10.8 Å². The summed E-state index contributed by atoms with van der Waals surface area (Å²) in [6.07, 6.45) is 3.94. The summed E-state index contributed by atoms with van der Waals surface area (Å²) in [5.41, 5.74) is 4.46. The highest BCUT2D eigenvalue weighted by Crippen LogP contribution is 2.39. The van der Waals surface area contributed by atoms with Crippen molar-refractivity contribution in [3.8, 4) is 0 Å². The van der Waals surface area contributed by atoms with Crippen molar-refractivity contribution in [3.05, 3.63) is 70.9 Å². The molecule has 0 saturated carbocycles. The summed E-state index contributed by atoms with van der Waals surface area (Å²) in [5, 5.41) is 8.48. The molecule has 1 unspecified atom stereocenters. The van der Waals surface area contributed by atoms with E-state index in [2.05, 4.69) is 69.9 Å². The van der Waals surface area contributed by atoms with Crippen LogP contribution in [0.25, 0.3) is 0 Å². The number of para-hydroxylation sites is 2. The van der Waals surface area contributed by atoms with Crippen LogP contribution in [0.1, 0.15) is 22.6 Å². The summed E-state index contributed by atoms with van der Waals surface area (Å²) in [7, 11) is 0. The maximum Gasteiger partial charge on any atom is 0.139 e. The summed E-state index contributed by atoms with van der Waals surface area (Å²) >= 11 is 1.80. The number of piperazine rings is 1. The van der Waals surface area contributed by atoms with Gasteiger partial charge in [-0.15, -0.1) is 48.6 Å². The molecule has 1 saturated heterocycles. The number of aliphatic imine (C=N–C) groups is 1. The van der Waals surface area contributed by atoms with Gasteiger partial charge in [-0.05, 0) is 50.1 Å². The van der Waals surface area contributed by atoms with Gasteiger partial charge in [-0.2, -0.15) is 0 Å². The summed E-state index contributed by atoms with van der Waals surface area (Å²) in [4.78, 5) is 13.3. The van der Waals surface area contributed by atoms with Gasteiger partial charge in [-0.1, -0.05) is 18.2 Å². The van der Waals surface area contributed by atoms with Crippen molar-refractivity contribution in [3.63, 3.8) is 0 Å². The molecule has 0 aliphatic carbocycles. The van der Waals surface area contributed by atoms with E-state index in [1.165, 1.54) is 15.4 Å². The number of nitrogens with one attached hydrogen (secondary N) is 2. The highest BCUT2D eigenvalue weighted by molar-refractivity contribution is 7.16. The molecule has 2 aromatic heterocycles. The van der Waals surface area contributed by atoms with Crippen molar-refractivity contribution < 1.29 is 0 Å². The van der Waals surface area contributed by atoms with E-state index in [4.69, 9.17) is 4.99 Å². The second kappa shape index (κ2) is 11.9. The average molecular weight is 513 g/mol. The quantitative estimate of drug-likeness (QED) is 0.468. The van der Waals surface area contributed by atoms with Crippen molar-refractivity contribution in [1.82, 2.24) is 15.2 Å². The molecule has 0 amide bonds. The Morgan fingerprint density at radius 3 is 2.72 bits per heavy atom. The fourth-order valence-corrected chi connectivity index (χ4v) is 4.99. The van der Waals surface area contributed by atoms with Gasteiger partial charge in [-0.25, -0.2) is 4.99 Å². The van der Waals surface area contributed by atoms with Crippen LogP contribution in [0.2, 0.25) is 0 Å². The number of fused-ring (bicyclic) bond motifs is 2. The zero-order chi connectivity index (χ0) is 19.6. The van der Waals surface area contributed by atoms with Crippen molar-refractivity contribution in [2.45, 2.75) is 25.8 Å². The molecular weight excluding hydrogens is 485 g/mol. The Morgan fingerprint density at radius 1 is 1.09 bits per heavy atom. The van der Waals surface area contributed by atoms with E-state index in [-0.39, 0.29) is 37.2 Å². The van der Waals surface area contributed by atoms with Crippen LogP contribution < -0.4 is 10.6 Å². The molecule has 2 aliphatic heterocycles. The molecule has 2 aliphatic rings. The Balaban J connectivity index is 0.00000121. The SMILES string of the molecule is Cc1cc2c(s1)Nc1ccccc1N=C2N1CCNC(CCc2ccccn2)C1.Cl.Cl.Cl. The lowest BCUT2D eigenvalue weighted by Gasteiger charge is -2.35. The molecule has 4 heterocycles. The fourth-order valence-electron chi connectivity index (χ4n) is 4.07. The van der Waals surface area contributed by atoms with Gasteiger partial charge >= 0.3 is 0 Å². The minimum absolute atomic E-state index is 0. The third kappa shape index (κ3) is 5.74. The molecule has 1 aromatic carbocycles. The minimum atomic E-state index is 0. The number of hydrogen-bond donors (Lipinski definition) is 2. The summed E-state index contributed by atoms with van der Waals surface area (Å²) in [5.74, 6) is 1.09. The predicted molar refractivity (Wildman–Crippen MR) is 143 cm³/mol. The highest BCUT2D eigenvalue weighted by atomic mass is 35.5. The number of aryl methyl sites for hydroxylation is 2. The topological polar surface area (TPSA) is 52.6 Å². The van der Waals surface area contributed by atoms with Crippen molar-refractivity contribution >= 4 is 70.8 Å². The first-order valence-electron chi connectivity index (χ1n) is 10.2. The Hall–Kier alpha value is -1.83. The third-order valence-corrected chi connectivity index (χ3v) is 6.47. The predicted octanol–water partition coefficient (Wildman–Crippen LogP) is 5.76. The van der Waals surface area contributed by atoms with Crippen molar-refractivity contribution in [1.29, 1.82) is 0 Å². The lowest BCUT2D eigenvalue weighted by molar-refractivity contribution is 0.282. The lowest BCUT2D eigenvalue weighted by atomic mass is 10.1. The fraction of sp³-hybridized carbons (Fsp3) is 0.304. The molecule has 0 radical (unpaired) electrons. The molecule has 1 atom stereocenters. The van der Waals surface area contributed by atoms with Crippen LogP contribution in [-0.2, 0) is 6.42 Å². The summed E-state index contributed by atoms with van der Waals surface area (Å²) < 4.78 is 0. The molecule has 172 valence electrons. The van der Waals surface area contributed by atoms with Gasteiger partial charge in [0, 0.05) is 42.4 Å². The second-order valence-electron chi connectivity index (χ2n) is 7.63. The molecule has 32 heavy (non-hydrogen) atoms. The zero-order valence-corrected chi connectivity index (χ0v) is 21.0. The van der Waals surface area contributed by atoms with Crippen LogP contribution in [0.4, 0.5) is 16.4 Å². The van der Waals surface area contributed by atoms with E-state index in [1.54, 1.807) is 11.3 Å². The van der Waals surface area contributed by atoms with E-state index < -0.39 is 0 Å². The monoisotopic (exact) mass is 511 g/mol. The first kappa shape index (κ1) is 26.4. The molecule has 0 spiro atoms. The van der Waals surface area contributed by atoms with E-state index >= 15 is 0 Å². The maximum atomic E-state index is 5.12. The smallest absolute Gasteiger partial charge is 0.139 e. The van der Waals surface area contributed by atoms with E-state index in [9.17, 15) is 0 Å². The number of anilines is 2. The first-order chi connectivity index (χ1) is 14.3. The Bertz CT molecular complexity index is 1040. The van der Waals surface area contributed by atoms with E-state index in [0.29, 0.717) is 6.04 Å². The number of rotatable bonds is 3. The molecule has 0 bridgehead atoms. The number of nitrogens with zero attached hydrogens (tertiary/aromatic N) is 3. The normalized spacial score (nSPS) is 16.6. The number of pyridine rings is 1. The molecule has 2 N–H and O–H groups in total. The molecule has 3 aromatic rings. The van der Waals surface area contributed by atoms with Gasteiger partial charge in [-0.3, -0.25) is 4.98 Å². The summed E-state index contributed by atoms with van der Waals surface area (Å²) in [6.45, 7) is 5.06. The number of aromatic nitrogens is 1. The van der Waals surface area contributed by atoms with Gasteiger partial charge in [0.25, 0.3) is 0 Å². The van der Waals surface area contributed by atoms with E-state index in [1.807, 2.05) is 12.3 Å². The number of amidine groups is 1. The molecule has 1 fully saturated rings. The van der Waals surface area contributed by atoms with Crippen LogP contribution in [0.5, 0.6) is 0 Å². The van der Waals surface area contributed by atoms with Crippen LogP contribution in [-0.4, -0.2) is 41.4 Å². The van der Waals surface area contributed by atoms with Gasteiger partial charge < -0.3 is 15.5 Å². The minimum Gasteiger partial charge on any atom is -0.353 e. The molecular formula is C23H28Cl3N5S.